The second kappa shape index (κ2) is 5.26. The topological polar surface area (TPSA) is 81.7 Å². The molecule has 3 N–H and O–H groups in total. The molecule has 0 saturated carbocycles. The minimum absolute atomic E-state index is 0.105. The number of carboxylic acids is 1. The summed E-state index contributed by atoms with van der Waals surface area (Å²) >= 11 is 0. The molecule has 0 fully saturated rings. The average molecular weight is 241 g/mol. The number of anilines is 1. The predicted octanol–water partition coefficient (Wildman–Crippen LogP) is 1.12. The van der Waals surface area contributed by atoms with Crippen LogP contribution in [-0.4, -0.2) is 36.2 Å². The van der Waals surface area contributed by atoms with Crippen molar-refractivity contribution < 1.29 is 19.1 Å². The maximum absolute atomic E-state index is 13.3. The van der Waals surface area contributed by atoms with E-state index in [9.17, 15) is 14.0 Å². The maximum atomic E-state index is 13.3. The first kappa shape index (κ1) is 12.9. The molecule has 0 bridgehead atoms. The fourth-order valence-corrected chi connectivity index (χ4v) is 1.11. The van der Waals surface area contributed by atoms with Gasteiger partial charge in [-0.25, -0.2) is 19.0 Å². The first-order chi connectivity index (χ1) is 7.90. The third-order valence-corrected chi connectivity index (χ3v) is 1.79. The van der Waals surface area contributed by atoms with Crippen molar-refractivity contribution in [3.05, 3.63) is 29.6 Å². The summed E-state index contributed by atoms with van der Waals surface area (Å²) in [5.41, 5.74) is 2.04. The summed E-state index contributed by atoms with van der Waals surface area (Å²) in [5, 5.41) is 12.3. The summed E-state index contributed by atoms with van der Waals surface area (Å²) < 4.78 is 13.3. The minimum atomic E-state index is -1.19. The van der Waals surface area contributed by atoms with Gasteiger partial charge in [-0.3, -0.25) is 5.43 Å². The number of nitrogens with one attached hydrogen (secondary N) is 2. The number of nitrogens with zero attached hydrogens (tertiary/aromatic N) is 1. The second-order valence-corrected chi connectivity index (χ2v) is 3.46. The molecule has 17 heavy (non-hydrogen) atoms. The van der Waals surface area contributed by atoms with Crippen molar-refractivity contribution in [1.29, 1.82) is 0 Å². The normalized spacial score (nSPS) is 10.1. The van der Waals surface area contributed by atoms with Crippen molar-refractivity contribution in [2.75, 3.05) is 19.4 Å². The number of carbonyl (C=O) groups excluding carboxylic acids is 1. The van der Waals surface area contributed by atoms with Gasteiger partial charge in [0.15, 0.2) is 0 Å². The third kappa shape index (κ3) is 3.72. The van der Waals surface area contributed by atoms with Crippen LogP contribution < -0.4 is 10.7 Å². The van der Waals surface area contributed by atoms with Crippen LogP contribution in [0.4, 0.5) is 14.9 Å². The van der Waals surface area contributed by atoms with Crippen LogP contribution in [0.5, 0.6) is 0 Å². The highest BCUT2D eigenvalue weighted by Crippen LogP contribution is 2.16. The SMILES string of the molecule is CN(C)NC(=O)Nc1cc(C(=O)O)ccc1F. The monoisotopic (exact) mass is 241 g/mol. The smallest absolute Gasteiger partial charge is 0.335 e. The maximum Gasteiger partial charge on any atom is 0.335 e. The second-order valence-electron chi connectivity index (χ2n) is 3.46. The first-order valence-corrected chi connectivity index (χ1v) is 4.68. The van der Waals surface area contributed by atoms with E-state index in [1.54, 1.807) is 14.1 Å². The first-order valence-electron chi connectivity index (χ1n) is 4.68. The molecule has 1 aromatic carbocycles. The number of hydrogen-bond donors (Lipinski definition) is 3. The summed E-state index contributed by atoms with van der Waals surface area (Å²) in [6.45, 7) is 0. The van der Waals surface area contributed by atoms with Gasteiger partial charge in [-0.15, -0.1) is 0 Å². The molecular weight excluding hydrogens is 229 g/mol. The molecular formula is C10H12FN3O3. The fraction of sp³-hybridized carbons (Fsp3) is 0.200. The molecule has 0 aromatic heterocycles. The Morgan fingerprint density at radius 3 is 2.53 bits per heavy atom. The molecule has 6 nitrogen and oxygen atoms in total. The van der Waals surface area contributed by atoms with Gasteiger partial charge in [0.1, 0.15) is 5.82 Å². The van der Waals surface area contributed by atoms with E-state index in [0.29, 0.717) is 0 Å². The Bertz CT molecular complexity index is 448. The van der Waals surface area contributed by atoms with Gasteiger partial charge in [0.25, 0.3) is 0 Å². The average Bonchev–Trinajstić information content (AvgIpc) is 2.19. The van der Waals surface area contributed by atoms with Gasteiger partial charge >= 0.3 is 12.0 Å². The van der Waals surface area contributed by atoms with Gasteiger partial charge < -0.3 is 10.4 Å². The van der Waals surface area contributed by atoms with Crippen LogP contribution in [0, 0.1) is 5.82 Å². The molecule has 0 heterocycles. The van der Waals surface area contributed by atoms with Crippen LogP contribution in [0.15, 0.2) is 18.2 Å². The molecule has 92 valence electrons. The van der Waals surface area contributed by atoms with E-state index in [0.717, 1.165) is 18.2 Å². The highest BCUT2D eigenvalue weighted by Gasteiger charge is 2.11. The van der Waals surface area contributed by atoms with Gasteiger partial charge in [0.05, 0.1) is 11.3 Å². The van der Waals surface area contributed by atoms with Crippen LogP contribution >= 0.6 is 0 Å². The highest BCUT2D eigenvalue weighted by atomic mass is 19.1. The number of aromatic carboxylic acids is 1. The van der Waals surface area contributed by atoms with Crippen molar-refractivity contribution in [1.82, 2.24) is 10.4 Å². The van der Waals surface area contributed by atoms with E-state index < -0.39 is 17.8 Å². The number of rotatable bonds is 3. The van der Waals surface area contributed by atoms with Crippen molar-refractivity contribution in [2.24, 2.45) is 0 Å². The molecule has 0 saturated heterocycles. The molecule has 0 unspecified atom stereocenters. The van der Waals surface area contributed by atoms with Crippen molar-refractivity contribution in [3.63, 3.8) is 0 Å². The molecule has 0 aliphatic rings. The van der Waals surface area contributed by atoms with Crippen molar-refractivity contribution >= 4 is 17.7 Å². The Hall–Kier alpha value is -2.15. The summed E-state index contributed by atoms with van der Waals surface area (Å²) in [4.78, 5) is 21.9. The summed E-state index contributed by atoms with van der Waals surface area (Å²) in [7, 11) is 3.17. The summed E-state index contributed by atoms with van der Waals surface area (Å²) in [6.07, 6.45) is 0. The number of carboxylic acid groups (broad SMARTS) is 1. The minimum Gasteiger partial charge on any atom is -0.478 e. The largest absolute Gasteiger partial charge is 0.478 e. The molecule has 0 radical (unpaired) electrons. The van der Waals surface area contributed by atoms with Crippen LogP contribution in [0.2, 0.25) is 0 Å². The highest BCUT2D eigenvalue weighted by molar-refractivity contribution is 5.93. The Morgan fingerprint density at radius 2 is 2.00 bits per heavy atom. The molecule has 0 spiro atoms. The van der Waals surface area contributed by atoms with E-state index >= 15 is 0 Å². The van der Waals surface area contributed by atoms with Gasteiger partial charge in [-0.05, 0) is 18.2 Å². The lowest BCUT2D eigenvalue weighted by molar-refractivity contribution is 0.0697. The van der Waals surface area contributed by atoms with Gasteiger partial charge in [-0.2, -0.15) is 0 Å². The van der Waals surface area contributed by atoms with Crippen LogP contribution in [0.25, 0.3) is 0 Å². The summed E-state index contributed by atoms with van der Waals surface area (Å²) in [5.74, 6) is -1.90. The predicted molar refractivity (Wildman–Crippen MR) is 59.2 cm³/mol. The molecule has 0 atom stereocenters. The van der Waals surface area contributed by atoms with Crippen LogP contribution in [0.1, 0.15) is 10.4 Å². The number of amides is 2. The van der Waals surface area contributed by atoms with Crippen molar-refractivity contribution in [3.8, 4) is 0 Å². The lowest BCUT2D eigenvalue weighted by Crippen LogP contribution is -2.39. The van der Waals surface area contributed by atoms with Gasteiger partial charge in [0.2, 0.25) is 0 Å². The van der Waals surface area contributed by atoms with E-state index in [1.165, 1.54) is 5.01 Å². The lowest BCUT2D eigenvalue weighted by Gasteiger charge is -2.13. The lowest BCUT2D eigenvalue weighted by atomic mass is 10.2. The van der Waals surface area contributed by atoms with E-state index in [-0.39, 0.29) is 11.3 Å². The fourth-order valence-electron chi connectivity index (χ4n) is 1.11. The number of urea groups is 1. The Kier molecular flexibility index (Phi) is 4.00. The Labute approximate surface area is 97.0 Å². The number of hydrogen-bond acceptors (Lipinski definition) is 3. The summed E-state index contributed by atoms with van der Waals surface area (Å²) in [6, 6.07) is 2.49. The zero-order valence-corrected chi connectivity index (χ0v) is 9.32. The molecule has 2 amide bonds. The number of carbonyl (C=O) groups is 2. The van der Waals surface area contributed by atoms with Crippen molar-refractivity contribution in [2.45, 2.75) is 0 Å². The van der Waals surface area contributed by atoms with E-state index in [2.05, 4.69) is 10.7 Å². The molecule has 7 heteroatoms. The van der Waals surface area contributed by atoms with Gasteiger partial charge in [-0.1, -0.05) is 0 Å². The van der Waals surface area contributed by atoms with Gasteiger partial charge in [0, 0.05) is 14.1 Å². The van der Waals surface area contributed by atoms with E-state index in [1.807, 2.05) is 0 Å². The Balaban J connectivity index is 2.86. The molecule has 0 aliphatic heterocycles. The standard InChI is InChI=1S/C10H12FN3O3/c1-14(2)13-10(17)12-8-5-6(9(15)16)3-4-7(8)11/h3-5H,1-2H3,(H,15,16)(H2,12,13,17). The Morgan fingerprint density at radius 1 is 1.35 bits per heavy atom. The van der Waals surface area contributed by atoms with Crippen LogP contribution in [-0.2, 0) is 0 Å². The third-order valence-electron chi connectivity index (χ3n) is 1.79. The number of halogens is 1. The molecule has 0 aliphatic carbocycles. The molecule has 1 rings (SSSR count). The number of hydrazine groups is 1. The van der Waals surface area contributed by atoms with Crippen LogP contribution in [0.3, 0.4) is 0 Å². The van der Waals surface area contributed by atoms with E-state index in [4.69, 9.17) is 5.11 Å². The quantitative estimate of drug-likeness (QED) is 0.693. The zero-order valence-electron chi connectivity index (χ0n) is 9.32. The number of benzene rings is 1. The zero-order chi connectivity index (χ0) is 13.0. The molecule has 1 aromatic rings.